The lowest BCUT2D eigenvalue weighted by Gasteiger charge is -2.23. The molecule has 0 heterocycles. The van der Waals surface area contributed by atoms with Gasteiger partial charge in [0.05, 0.1) is 16.4 Å². The van der Waals surface area contributed by atoms with Crippen molar-refractivity contribution in [2.24, 2.45) is 10.4 Å². The second kappa shape index (κ2) is 6.38. The highest BCUT2D eigenvalue weighted by Gasteiger charge is 2.23. The van der Waals surface area contributed by atoms with Crippen molar-refractivity contribution in [3.05, 3.63) is 40.4 Å². The number of halogens is 1. The van der Waals surface area contributed by atoms with Crippen LogP contribution in [-0.2, 0) is 0 Å². The van der Waals surface area contributed by atoms with E-state index in [1.165, 1.54) is 11.1 Å². The Morgan fingerprint density at radius 3 is 2.26 bits per heavy atom. The smallest absolute Gasteiger partial charge is 0.0662 e. The molecule has 0 aliphatic carbocycles. The minimum absolute atomic E-state index is 0.0736. The van der Waals surface area contributed by atoms with Crippen LogP contribution < -0.4 is 0 Å². The largest absolute Gasteiger partial charge is 0.251 e. The maximum absolute atomic E-state index is 6.53. The third kappa shape index (κ3) is 4.21. The zero-order chi connectivity index (χ0) is 14.6. The Labute approximate surface area is 122 Å². The van der Waals surface area contributed by atoms with Crippen LogP contribution in [0.15, 0.2) is 39.9 Å². The average molecular weight is 278 g/mol. The first-order chi connectivity index (χ1) is 8.77. The van der Waals surface area contributed by atoms with Gasteiger partial charge in [-0.05, 0) is 31.9 Å². The molecule has 19 heavy (non-hydrogen) atoms. The molecule has 1 rings (SSSR count). The van der Waals surface area contributed by atoms with Gasteiger partial charge in [0.25, 0.3) is 0 Å². The number of aryl methyl sites for hydroxylation is 1. The zero-order valence-electron chi connectivity index (χ0n) is 12.8. The molecule has 0 aromatic heterocycles. The number of para-hydroxylation sites is 1. The van der Waals surface area contributed by atoms with Gasteiger partial charge in [-0.2, -0.15) is 0 Å². The maximum Gasteiger partial charge on any atom is 0.0662 e. The number of hydrogen-bond donors (Lipinski definition) is 0. The van der Waals surface area contributed by atoms with Crippen molar-refractivity contribution in [1.29, 1.82) is 0 Å². The summed E-state index contributed by atoms with van der Waals surface area (Å²) in [6.07, 6.45) is 0.946. The van der Waals surface area contributed by atoms with Gasteiger partial charge in [0.2, 0.25) is 0 Å². The van der Waals surface area contributed by atoms with E-state index in [4.69, 9.17) is 16.6 Å². The highest BCUT2D eigenvalue weighted by Crippen LogP contribution is 2.30. The van der Waals surface area contributed by atoms with Crippen molar-refractivity contribution in [3.8, 4) is 0 Å². The second-order valence-electron chi connectivity index (χ2n) is 5.94. The van der Waals surface area contributed by atoms with Crippen LogP contribution in [0.5, 0.6) is 0 Å². The number of allylic oxidation sites excluding steroid dienone is 2. The summed E-state index contributed by atoms with van der Waals surface area (Å²) in [5.74, 6) is 0. The number of nitrogens with zero attached hydrogens (tertiary/aromatic N) is 1. The van der Waals surface area contributed by atoms with E-state index >= 15 is 0 Å². The van der Waals surface area contributed by atoms with Crippen LogP contribution >= 0.6 is 11.6 Å². The van der Waals surface area contributed by atoms with Crippen LogP contribution in [0.3, 0.4) is 0 Å². The highest BCUT2D eigenvalue weighted by molar-refractivity contribution is 6.44. The lowest BCUT2D eigenvalue weighted by Crippen LogP contribution is -2.21. The molecule has 0 unspecified atom stereocenters. The predicted octanol–water partition coefficient (Wildman–Crippen LogP) is 6.04. The lowest BCUT2D eigenvalue weighted by molar-refractivity contribution is 0.592. The molecule has 0 saturated heterocycles. The van der Waals surface area contributed by atoms with Crippen LogP contribution in [0.4, 0.5) is 5.69 Å². The van der Waals surface area contributed by atoms with E-state index in [0.29, 0.717) is 0 Å². The van der Waals surface area contributed by atoms with Gasteiger partial charge in [-0.1, -0.05) is 63.1 Å². The van der Waals surface area contributed by atoms with Gasteiger partial charge >= 0.3 is 0 Å². The Morgan fingerprint density at radius 1 is 1.21 bits per heavy atom. The lowest BCUT2D eigenvalue weighted by atomic mass is 9.88. The first-order valence-electron chi connectivity index (χ1n) is 6.77. The number of rotatable bonds is 3. The van der Waals surface area contributed by atoms with Crippen molar-refractivity contribution in [2.75, 3.05) is 0 Å². The molecule has 0 aliphatic heterocycles. The molecule has 0 atom stereocenters. The van der Waals surface area contributed by atoms with Gasteiger partial charge in [0.1, 0.15) is 0 Å². The molecule has 0 bridgehead atoms. The number of aliphatic imine (C=N–C) groups is 1. The van der Waals surface area contributed by atoms with Gasteiger partial charge in [0, 0.05) is 5.41 Å². The van der Waals surface area contributed by atoms with Crippen molar-refractivity contribution in [1.82, 2.24) is 0 Å². The standard InChI is InChI=1S/C17H24ClN/c1-7-12(2)15(18)16(17(4,5)6)19-14-11-9-8-10-13(14)3/h8-11H,7H2,1-6H3. The topological polar surface area (TPSA) is 12.4 Å². The molecule has 0 spiro atoms. The fraction of sp³-hybridized carbons (Fsp3) is 0.471. The summed E-state index contributed by atoms with van der Waals surface area (Å²) < 4.78 is 0. The van der Waals surface area contributed by atoms with E-state index in [1.54, 1.807) is 0 Å². The van der Waals surface area contributed by atoms with Crippen LogP contribution in [0.25, 0.3) is 0 Å². The average Bonchev–Trinajstić information content (AvgIpc) is 2.34. The summed E-state index contributed by atoms with van der Waals surface area (Å²) in [6.45, 7) is 12.7. The monoisotopic (exact) mass is 277 g/mol. The molecule has 104 valence electrons. The molecular formula is C17H24ClN. The van der Waals surface area contributed by atoms with Gasteiger partial charge in [0.15, 0.2) is 0 Å². The van der Waals surface area contributed by atoms with E-state index in [0.717, 1.165) is 22.9 Å². The molecule has 1 aromatic carbocycles. The fourth-order valence-electron chi connectivity index (χ4n) is 1.71. The summed E-state index contributed by atoms with van der Waals surface area (Å²) in [4.78, 5) is 4.83. The molecule has 0 amide bonds. The Morgan fingerprint density at radius 2 is 1.79 bits per heavy atom. The van der Waals surface area contributed by atoms with Gasteiger partial charge in [-0.3, -0.25) is 4.99 Å². The fourth-order valence-corrected chi connectivity index (χ4v) is 2.17. The molecule has 0 fully saturated rings. The van der Waals surface area contributed by atoms with Crippen LogP contribution in [0.2, 0.25) is 0 Å². The summed E-state index contributed by atoms with van der Waals surface area (Å²) in [7, 11) is 0. The Balaban J connectivity index is 3.39. The Bertz CT molecular complexity index is 504. The molecule has 1 nitrogen and oxygen atoms in total. The summed E-state index contributed by atoms with van der Waals surface area (Å²) in [5, 5.41) is 0.804. The molecule has 0 aliphatic rings. The predicted molar refractivity (Wildman–Crippen MR) is 86.6 cm³/mol. The molecule has 1 aromatic rings. The van der Waals surface area contributed by atoms with E-state index in [2.05, 4.69) is 47.6 Å². The Kier molecular flexibility index (Phi) is 5.37. The quantitative estimate of drug-likeness (QED) is 0.598. The van der Waals surface area contributed by atoms with Crippen LogP contribution in [0, 0.1) is 12.3 Å². The second-order valence-corrected chi connectivity index (χ2v) is 6.32. The molecular weight excluding hydrogens is 254 g/mol. The highest BCUT2D eigenvalue weighted by atomic mass is 35.5. The van der Waals surface area contributed by atoms with Crippen molar-refractivity contribution >= 4 is 23.0 Å². The summed E-state index contributed by atoms with van der Waals surface area (Å²) >= 11 is 6.53. The van der Waals surface area contributed by atoms with Crippen molar-refractivity contribution < 1.29 is 0 Å². The molecule has 0 radical (unpaired) electrons. The first-order valence-corrected chi connectivity index (χ1v) is 7.15. The van der Waals surface area contributed by atoms with Crippen molar-refractivity contribution in [2.45, 2.75) is 48.0 Å². The number of benzene rings is 1. The SMILES string of the molecule is CCC(C)=C(Cl)C(=Nc1ccccc1C)C(C)(C)C. The van der Waals surface area contributed by atoms with E-state index in [9.17, 15) is 0 Å². The third-order valence-corrected chi connectivity index (χ3v) is 3.67. The van der Waals surface area contributed by atoms with E-state index in [1.807, 2.05) is 18.2 Å². The van der Waals surface area contributed by atoms with Crippen LogP contribution in [0.1, 0.15) is 46.6 Å². The normalized spacial score (nSPS) is 14.4. The maximum atomic E-state index is 6.53. The van der Waals surface area contributed by atoms with Crippen LogP contribution in [-0.4, -0.2) is 5.71 Å². The third-order valence-electron chi connectivity index (χ3n) is 3.17. The first kappa shape index (κ1) is 16.0. The summed E-state index contributed by atoms with van der Waals surface area (Å²) in [6, 6.07) is 8.15. The Hall–Kier alpha value is -1.08. The molecule has 0 saturated carbocycles. The molecule has 2 heteroatoms. The molecule has 0 N–H and O–H groups in total. The number of hydrogen-bond acceptors (Lipinski definition) is 1. The minimum atomic E-state index is -0.0736. The van der Waals surface area contributed by atoms with E-state index in [-0.39, 0.29) is 5.41 Å². The van der Waals surface area contributed by atoms with Gasteiger partial charge in [-0.15, -0.1) is 0 Å². The summed E-state index contributed by atoms with van der Waals surface area (Å²) in [5.41, 5.74) is 4.24. The van der Waals surface area contributed by atoms with E-state index < -0.39 is 0 Å². The van der Waals surface area contributed by atoms with Crippen molar-refractivity contribution in [3.63, 3.8) is 0 Å². The zero-order valence-corrected chi connectivity index (χ0v) is 13.6. The van der Waals surface area contributed by atoms with Gasteiger partial charge < -0.3 is 0 Å². The minimum Gasteiger partial charge on any atom is -0.251 e. The van der Waals surface area contributed by atoms with Gasteiger partial charge in [-0.25, -0.2) is 0 Å².